The van der Waals surface area contributed by atoms with E-state index in [2.05, 4.69) is 42.5 Å². The van der Waals surface area contributed by atoms with Gasteiger partial charge in [-0.15, -0.1) is 0 Å². The van der Waals surface area contributed by atoms with E-state index < -0.39 is 120 Å². The van der Waals surface area contributed by atoms with E-state index in [0.717, 1.165) is 11.3 Å². The number of carboxylic acids is 2. The third kappa shape index (κ3) is 17.5. The van der Waals surface area contributed by atoms with Crippen LogP contribution in [0, 0.1) is 5.41 Å². The highest BCUT2D eigenvalue weighted by molar-refractivity contribution is 5.99. The molecule has 24 heteroatoms. The molecule has 2 fully saturated rings. The molecule has 0 aliphatic carbocycles. The Kier molecular flexibility index (Phi) is 20.8. The standard InChI is InChI=1S/C45H62N12O12/c1-25(37(61)56-33(24-36(59)60)43(67)57-20-10-17-34(57)44(68)69)51-40(64)32(23-35(46)58)55-42(66)31(22-27-13-6-3-7-14-27)54-41(65)30(21-26-11-4-2-5-12-26)53-39(63)29(16-9-19-50-45(47)48)52-38(62)28-15-8-18-49-28/h2-7,11-14,25,28-34,49H,8-10,15-24H2,1H3,(H2,46,58)(H,51,64)(H,52,62)(H,53,63)(H,54,65)(H,55,66)(H,56,61)(H,59,60)(H,68,69)(H4,47,48,50)/t25-,28-,29-,30-,31-,32-,33-,34+/m0/s1. The number of aliphatic carboxylic acids is 2. The number of carboxylic acid groups (broad SMARTS) is 2. The monoisotopic (exact) mass is 962 g/mol. The first-order valence-corrected chi connectivity index (χ1v) is 22.6. The summed E-state index contributed by atoms with van der Waals surface area (Å²) in [6.45, 7) is 2.03. The van der Waals surface area contributed by atoms with E-state index in [-0.39, 0.29) is 44.7 Å². The number of hydrogen-bond acceptors (Lipinski definition) is 12. The van der Waals surface area contributed by atoms with Gasteiger partial charge in [0.1, 0.15) is 42.3 Å². The summed E-state index contributed by atoms with van der Waals surface area (Å²) in [5.74, 6) is -10.1. The first kappa shape index (κ1) is 54.0. The molecule has 374 valence electrons. The Morgan fingerprint density at radius 2 is 1.22 bits per heavy atom. The van der Waals surface area contributed by atoms with Crippen molar-refractivity contribution in [2.24, 2.45) is 11.5 Å². The van der Waals surface area contributed by atoms with E-state index in [4.69, 9.17) is 16.9 Å². The molecule has 8 atom stereocenters. The van der Waals surface area contributed by atoms with Crippen LogP contribution in [-0.2, 0) is 60.8 Å². The summed E-state index contributed by atoms with van der Waals surface area (Å²) in [4.78, 5) is 133. The Bertz CT molecular complexity index is 2180. The minimum atomic E-state index is -1.74. The van der Waals surface area contributed by atoms with Gasteiger partial charge in [-0.25, -0.2) is 4.79 Å². The molecule has 2 aliphatic heterocycles. The largest absolute Gasteiger partial charge is 0.481 e. The zero-order chi connectivity index (χ0) is 50.6. The van der Waals surface area contributed by atoms with Crippen molar-refractivity contribution in [3.63, 3.8) is 0 Å². The van der Waals surface area contributed by atoms with Gasteiger partial charge in [0.25, 0.3) is 0 Å². The molecule has 2 aromatic carbocycles. The minimum Gasteiger partial charge on any atom is -0.481 e. The Morgan fingerprint density at radius 1 is 0.681 bits per heavy atom. The number of rotatable bonds is 26. The second-order valence-corrected chi connectivity index (χ2v) is 16.8. The van der Waals surface area contributed by atoms with Gasteiger partial charge in [-0.1, -0.05) is 60.7 Å². The van der Waals surface area contributed by atoms with Gasteiger partial charge < -0.3 is 69.1 Å². The number of hydrogen-bond donors (Lipinski definition) is 13. The van der Waals surface area contributed by atoms with Crippen LogP contribution in [0.4, 0.5) is 0 Å². The Labute approximate surface area is 397 Å². The van der Waals surface area contributed by atoms with Crippen molar-refractivity contribution in [1.29, 1.82) is 5.41 Å². The van der Waals surface area contributed by atoms with Gasteiger partial charge in [-0.2, -0.15) is 0 Å². The van der Waals surface area contributed by atoms with Crippen LogP contribution in [-0.4, -0.2) is 148 Å². The molecule has 8 amide bonds. The maximum Gasteiger partial charge on any atom is 0.326 e. The number of nitrogens with zero attached hydrogens (tertiary/aromatic N) is 1. The fourth-order valence-electron chi connectivity index (χ4n) is 7.86. The van der Waals surface area contributed by atoms with Crippen LogP contribution in [0.2, 0.25) is 0 Å². The number of amides is 8. The van der Waals surface area contributed by atoms with Gasteiger partial charge >= 0.3 is 11.9 Å². The number of carbonyl (C=O) groups is 10. The summed E-state index contributed by atoms with van der Waals surface area (Å²) in [5.41, 5.74) is 12.1. The number of carbonyl (C=O) groups excluding carboxylic acids is 8. The van der Waals surface area contributed by atoms with Gasteiger partial charge in [-0.05, 0) is 63.1 Å². The molecule has 0 unspecified atom stereocenters. The fourth-order valence-corrected chi connectivity index (χ4v) is 7.86. The number of nitrogens with two attached hydrogens (primary N) is 2. The maximum absolute atomic E-state index is 14.4. The zero-order valence-electron chi connectivity index (χ0n) is 38.2. The average molecular weight is 963 g/mol. The molecule has 0 aromatic heterocycles. The lowest BCUT2D eigenvalue weighted by molar-refractivity contribution is -0.150. The molecule has 0 spiro atoms. The van der Waals surface area contributed by atoms with E-state index in [9.17, 15) is 58.2 Å². The zero-order valence-corrected chi connectivity index (χ0v) is 38.2. The Balaban J connectivity index is 1.55. The molecular weight excluding hydrogens is 901 g/mol. The van der Waals surface area contributed by atoms with Gasteiger partial charge in [0.2, 0.25) is 47.3 Å². The molecule has 2 saturated heterocycles. The summed E-state index contributed by atoms with van der Waals surface area (Å²) in [6, 6.07) is 6.44. The van der Waals surface area contributed by atoms with Crippen molar-refractivity contribution in [3.8, 4) is 0 Å². The van der Waals surface area contributed by atoms with Crippen LogP contribution in [0.3, 0.4) is 0 Å². The lowest BCUT2D eigenvalue weighted by Gasteiger charge is -2.28. The van der Waals surface area contributed by atoms with Crippen LogP contribution >= 0.6 is 0 Å². The number of benzene rings is 2. The first-order chi connectivity index (χ1) is 32.8. The highest BCUT2D eigenvalue weighted by Crippen LogP contribution is 2.19. The topological polar surface area (TPSA) is 387 Å². The van der Waals surface area contributed by atoms with Crippen molar-refractivity contribution in [2.75, 3.05) is 19.6 Å². The van der Waals surface area contributed by atoms with Crippen LogP contribution in [0.25, 0.3) is 0 Å². The highest BCUT2D eigenvalue weighted by atomic mass is 16.4. The lowest BCUT2D eigenvalue weighted by atomic mass is 10.0. The smallest absolute Gasteiger partial charge is 0.326 e. The molecule has 69 heavy (non-hydrogen) atoms. The minimum absolute atomic E-state index is 0.0112. The fraction of sp³-hybridized carbons (Fsp3) is 0.489. The lowest BCUT2D eigenvalue weighted by Crippen LogP contribution is -2.60. The van der Waals surface area contributed by atoms with Crippen LogP contribution in [0.15, 0.2) is 60.7 Å². The molecule has 0 radical (unpaired) electrons. The molecule has 0 saturated carbocycles. The summed E-state index contributed by atoms with van der Waals surface area (Å²) in [5, 5.41) is 47.4. The second kappa shape index (κ2) is 26.6. The van der Waals surface area contributed by atoms with E-state index in [1.165, 1.54) is 6.92 Å². The maximum atomic E-state index is 14.4. The number of guanidine groups is 1. The van der Waals surface area contributed by atoms with Gasteiger partial charge in [-0.3, -0.25) is 48.6 Å². The molecule has 2 aromatic rings. The van der Waals surface area contributed by atoms with Crippen molar-refractivity contribution in [3.05, 3.63) is 71.8 Å². The first-order valence-electron chi connectivity index (χ1n) is 22.6. The van der Waals surface area contributed by atoms with E-state index in [1.807, 2.05) is 0 Å². The van der Waals surface area contributed by atoms with E-state index >= 15 is 0 Å². The van der Waals surface area contributed by atoms with Gasteiger partial charge in [0.05, 0.1) is 18.9 Å². The molecule has 4 rings (SSSR count). The van der Waals surface area contributed by atoms with Crippen molar-refractivity contribution in [2.45, 2.75) is 119 Å². The normalized spacial score (nSPS) is 17.8. The van der Waals surface area contributed by atoms with Crippen molar-refractivity contribution < 1.29 is 58.2 Å². The second-order valence-electron chi connectivity index (χ2n) is 16.8. The quantitative estimate of drug-likeness (QED) is 0.0252. The van der Waals surface area contributed by atoms with Crippen molar-refractivity contribution >= 4 is 65.2 Å². The van der Waals surface area contributed by atoms with Gasteiger partial charge in [0.15, 0.2) is 5.96 Å². The predicted octanol–water partition coefficient (Wildman–Crippen LogP) is -3.16. The van der Waals surface area contributed by atoms with Gasteiger partial charge in [0, 0.05) is 25.9 Å². The Hall–Kier alpha value is -7.63. The summed E-state index contributed by atoms with van der Waals surface area (Å²) < 4.78 is 0. The predicted molar refractivity (Wildman–Crippen MR) is 246 cm³/mol. The number of likely N-dealkylation sites (tertiary alicyclic amines) is 1. The summed E-state index contributed by atoms with van der Waals surface area (Å²) in [7, 11) is 0. The third-order valence-electron chi connectivity index (χ3n) is 11.4. The molecule has 2 aliphatic rings. The molecule has 15 N–H and O–H groups in total. The summed E-state index contributed by atoms with van der Waals surface area (Å²) >= 11 is 0. The van der Waals surface area contributed by atoms with E-state index in [1.54, 1.807) is 60.7 Å². The molecular formula is C45H62N12O12. The van der Waals surface area contributed by atoms with Crippen LogP contribution in [0.1, 0.15) is 69.4 Å². The number of primary amides is 1. The number of nitrogens with one attached hydrogen (secondary N) is 9. The molecule has 24 nitrogen and oxygen atoms in total. The van der Waals surface area contributed by atoms with Crippen LogP contribution < -0.4 is 54.0 Å². The molecule has 0 bridgehead atoms. The Morgan fingerprint density at radius 3 is 1.72 bits per heavy atom. The van der Waals surface area contributed by atoms with Crippen LogP contribution in [0.5, 0.6) is 0 Å². The third-order valence-corrected chi connectivity index (χ3v) is 11.4. The SMILES string of the molecule is C[C@H](NC(=O)[C@H](CC(N)=O)NC(=O)[C@H](Cc1ccccc1)NC(=O)[C@H](Cc1ccccc1)NC(=O)[C@H](CCCNC(=N)N)NC(=O)[C@@H]1CCCN1)C(=O)N[C@@H](CC(=O)O)C(=O)N1CCC[C@@H]1C(=O)O. The molecule has 2 heterocycles. The average Bonchev–Trinajstić information content (AvgIpc) is 4.03. The van der Waals surface area contributed by atoms with E-state index in [0.29, 0.717) is 36.9 Å². The summed E-state index contributed by atoms with van der Waals surface area (Å²) in [6.07, 6.45) is 0.235. The highest BCUT2D eigenvalue weighted by Gasteiger charge is 2.39. The van der Waals surface area contributed by atoms with Crippen molar-refractivity contribution in [1.82, 2.24) is 47.4 Å².